The molecule has 2 N–H and O–H groups in total. The summed E-state index contributed by atoms with van der Waals surface area (Å²) in [6, 6.07) is 18.6. The highest BCUT2D eigenvalue weighted by Gasteiger charge is 2.08. The zero-order chi connectivity index (χ0) is 15.6. The van der Waals surface area contributed by atoms with E-state index in [0.29, 0.717) is 11.3 Å². The number of hydrogen-bond acceptors (Lipinski definition) is 5. The van der Waals surface area contributed by atoms with Crippen LogP contribution >= 0.6 is 0 Å². The third kappa shape index (κ3) is 2.69. The molecule has 0 aliphatic rings. The van der Waals surface area contributed by atoms with Gasteiger partial charge in [0.05, 0.1) is 5.69 Å². The fraction of sp³-hybridized carbons (Fsp3) is 0. The number of aromatic amines is 1. The minimum atomic E-state index is -0.252. The lowest BCUT2D eigenvalue weighted by Gasteiger charge is -2.04. The van der Waals surface area contributed by atoms with Crippen molar-refractivity contribution in [2.75, 3.05) is 5.32 Å². The highest BCUT2D eigenvalue weighted by molar-refractivity contribution is 5.74. The Bertz CT molecular complexity index is 988. The van der Waals surface area contributed by atoms with Crippen LogP contribution in [-0.2, 0) is 0 Å². The first-order chi connectivity index (χ1) is 11.3. The molecule has 0 aliphatic heterocycles. The van der Waals surface area contributed by atoms with Crippen molar-refractivity contribution >= 4 is 23.1 Å². The van der Waals surface area contributed by atoms with Crippen LogP contribution in [0.4, 0.5) is 12.0 Å². The normalized spacial score (nSPS) is 10.8. The Labute approximate surface area is 130 Å². The zero-order valence-corrected chi connectivity index (χ0v) is 12.0. The van der Waals surface area contributed by atoms with E-state index in [1.165, 1.54) is 6.07 Å². The molecule has 4 rings (SSSR count). The van der Waals surface area contributed by atoms with Crippen LogP contribution in [0.3, 0.4) is 0 Å². The molecule has 2 aromatic carbocycles. The highest BCUT2D eigenvalue weighted by Crippen LogP contribution is 2.21. The lowest BCUT2D eigenvalue weighted by atomic mass is 10.1. The summed E-state index contributed by atoms with van der Waals surface area (Å²) in [5, 5.41) is 2.90. The summed E-state index contributed by atoms with van der Waals surface area (Å²) in [6.07, 6.45) is 0. The van der Waals surface area contributed by atoms with Crippen molar-refractivity contribution in [3.05, 3.63) is 71.0 Å². The van der Waals surface area contributed by atoms with Gasteiger partial charge < -0.3 is 4.42 Å². The highest BCUT2D eigenvalue weighted by atomic mass is 16.4. The summed E-state index contributed by atoms with van der Waals surface area (Å²) >= 11 is 0. The van der Waals surface area contributed by atoms with E-state index in [1.807, 2.05) is 54.6 Å². The number of aromatic nitrogens is 3. The van der Waals surface area contributed by atoms with Crippen molar-refractivity contribution in [3.8, 4) is 11.3 Å². The summed E-state index contributed by atoms with van der Waals surface area (Å²) < 4.78 is 5.57. The summed E-state index contributed by atoms with van der Waals surface area (Å²) in [5.74, 6) is 0.280. The summed E-state index contributed by atoms with van der Waals surface area (Å²) in [5.41, 5.74) is 2.58. The average Bonchev–Trinajstić information content (AvgIpc) is 2.97. The van der Waals surface area contributed by atoms with Crippen LogP contribution in [0.25, 0.3) is 22.4 Å². The lowest BCUT2D eigenvalue weighted by molar-refractivity contribution is 0.621. The Kier molecular flexibility index (Phi) is 3.12. The molecule has 6 heteroatoms. The van der Waals surface area contributed by atoms with E-state index in [1.54, 1.807) is 0 Å². The Morgan fingerprint density at radius 3 is 2.57 bits per heavy atom. The van der Waals surface area contributed by atoms with Gasteiger partial charge in [-0.15, -0.1) is 0 Å². The second-order valence-corrected chi connectivity index (χ2v) is 4.96. The molecular formula is C17H12N4O2. The molecule has 112 valence electrons. The number of hydrogen-bond donors (Lipinski definition) is 2. The van der Waals surface area contributed by atoms with Crippen LogP contribution in [0.2, 0.25) is 0 Å². The SMILES string of the molecule is O=c1cc(-c2ccccc2)nc(Nc2nc3ccccc3o2)[nH]1. The summed E-state index contributed by atoms with van der Waals surface area (Å²) in [4.78, 5) is 23.2. The van der Waals surface area contributed by atoms with Gasteiger partial charge in [-0.25, -0.2) is 4.98 Å². The Morgan fingerprint density at radius 2 is 1.74 bits per heavy atom. The number of anilines is 2. The van der Waals surface area contributed by atoms with Crippen molar-refractivity contribution in [2.45, 2.75) is 0 Å². The van der Waals surface area contributed by atoms with E-state index in [2.05, 4.69) is 20.3 Å². The number of benzene rings is 2. The number of rotatable bonds is 3. The zero-order valence-electron chi connectivity index (χ0n) is 12.0. The number of nitrogens with one attached hydrogen (secondary N) is 2. The van der Waals surface area contributed by atoms with Crippen molar-refractivity contribution < 1.29 is 4.42 Å². The third-order valence-electron chi connectivity index (χ3n) is 3.33. The molecule has 0 unspecified atom stereocenters. The Morgan fingerprint density at radius 1 is 0.957 bits per heavy atom. The van der Waals surface area contributed by atoms with Crippen LogP contribution < -0.4 is 10.9 Å². The van der Waals surface area contributed by atoms with Gasteiger partial charge in [0, 0.05) is 11.6 Å². The Hall–Kier alpha value is -3.41. The minimum absolute atomic E-state index is 0.252. The van der Waals surface area contributed by atoms with E-state index in [4.69, 9.17) is 4.42 Å². The topological polar surface area (TPSA) is 83.8 Å². The first kappa shape index (κ1) is 13.3. The molecule has 0 amide bonds. The molecule has 23 heavy (non-hydrogen) atoms. The number of oxazole rings is 1. The fourth-order valence-corrected chi connectivity index (χ4v) is 2.30. The van der Waals surface area contributed by atoms with Gasteiger partial charge in [-0.3, -0.25) is 15.1 Å². The molecule has 0 atom stereocenters. The number of para-hydroxylation sites is 2. The molecule has 4 aromatic rings. The fourth-order valence-electron chi connectivity index (χ4n) is 2.30. The first-order valence-corrected chi connectivity index (χ1v) is 7.07. The van der Waals surface area contributed by atoms with Crippen molar-refractivity contribution in [2.24, 2.45) is 0 Å². The van der Waals surface area contributed by atoms with Gasteiger partial charge in [0.25, 0.3) is 5.56 Å². The van der Waals surface area contributed by atoms with Crippen LogP contribution in [0.1, 0.15) is 0 Å². The minimum Gasteiger partial charge on any atom is -0.423 e. The second-order valence-electron chi connectivity index (χ2n) is 4.96. The van der Waals surface area contributed by atoms with E-state index in [9.17, 15) is 4.79 Å². The van der Waals surface area contributed by atoms with E-state index in [-0.39, 0.29) is 17.5 Å². The number of fused-ring (bicyclic) bond motifs is 1. The monoisotopic (exact) mass is 304 g/mol. The maximum Gasteiger partial charge on any atom is 0.302 e. The van der Waals surface area contributed by atoms with Crippen LogP contribution in [-0.4, -0.2) is 15.0 Å². The Balaban J connectivity index is 1.71. The molecule has 2 aromatic heterocycles. The molecule has 0 fully saturated rings. The predicted molar refractivity (Wildman–Crippen MR) is 87.6 cm³/mol. The van der Waals surface area contributed by atoms with Gasteiger partial charge >= 0.3 is 6.01 Å². The molecule has 0 bridgehead atoms. The first-order valence-electron chi connectivity index (χ1n) is 7.07. The molecule has 0 saturated carbocycles. The van der Waals surface area contributed by atoms with Crippen molar-refractivity contribution in [3.63, 3.8) is 0 Å². The quantitative estimate of drug-likeness (QED) is 0.606. The smallest absolute Gasteiger partial charge is 0.302 e. The maximum atomic E-state index is 11.9. The van der Waals surface area contributed by atoms with Gasteiger partial charge in [-0.2, -0.15) is 4.98 Å². The van der Waals surface area contributed by atoms with E-state index < -0.39 is 0 Å². The van der Waals surface area contributed by atoms with E-state index >= 15 is 0 Å². The average molecular weight is 304 g/mol. The van der Waals surface area contributed by atoms with Crippen molar-refractivity contribution in [1.82, 2.24) is 15.0 Å². The van der Waals surface area contributed by atoms with Gasteiger partial charge in [-0.05, 0) is 12.1 Å². The number of nitrogens with zero attached hydrogens (tertiary/aromatic N) is 2. The maximum absolute atomic E-state index is 11.9. The molecule has 6 nitrogen and oxygen atoms in total. The largest absolute Gasteiger partial charge is 0.423 e. The van der Waals surface area contributed by atoms with E-state index in [0.717, 1.165) is 11.1 Å². The van der Waals surface area contributed by atoms with Crippen LogP contribution in [0, 0.1) is 0 Å². The van der Waals surface area contributed by atoms with Gasteiger partial charge in [0.1, 0.15) is 5.52 Å². The van der Waals surface area contributed by atoms with Gasteiger partial charge in [0.15, 0.2) is 5.58 Å². The predicted octanol–water partition coefficient (Wildman–Crippen LogP) is 3.32. The second kappa shape index (κ2) is 5.42. The summed E-state index contributed by atoms with van der Waals surface area (Å²) in [6.45, 7) is 0. The van der Waals surface area contributed by atoms with Crippen molar-refractivity contribution in [1.29, 1.82) is 0 Å². The lowest BCUT2D eigenvalue weighted by Crippen LogP contribution is -2.10. The molecule has 0 aliphatic carbocycles. The number of H-pyrrole nitrogens is 1. The molecular weight excluding hydrogens is 292 g/mol. The van der Waals surface area contributed by atoms with Gasteiger partial charge in [-0.1, -0.05) is 42.5 Å². The molecule has 0 radical (unpaired) electrons. The third-order valence-corrected chi connectivity index (χ3v) is 3.33. The molecule has 0 saturated heterocycles. The molecule has 2 heterocycles. The van der Waals surface area contributed by atoms with Gasteiger partial charge in [0.2, 0.25) is 5.95 Å². The van der Waals surface area contributed by atoms with Crippen LogP contribution in [0.5, 0.6) is 0 Å². The summed E-state index contributed by atoms with van der Waals surface area (Å²) in [7, 11) is 0. The molecule has 0 spiro atoms. The standard InChI is InChI=1S/C17H12N4O2/c22-15-10-13(11-6-2-1-3-7-11)18-16(20-15)21-17-19-12-8-4-5-9-14(12)23-17/h1-10H,(H2,18,19,20,21,22). The van der Waals surface area contributed by atoms with Crippen LogP contribution in [0.15, 0.2) is 69.9 Å².